The normalized spacial score (nSPS) is 12.6. The Morgan fingerprint density at radius 2 is 2.00 bits per heavy atom. The van der Waals surface area contributed by atoms with E-state index in [-0.39, 0.29) is 0 Å². The fraction of sp³-hybridized carbons (Fsp3) is 0.375. The molecule has 3 heteroatoms. The third-order valence-corrected chi connectivity index (χ3v) is 4.93. The Morgan fingerprint density at radius 3 is 2.63 bits per heavy atom. The summed E-state index contributed by atoms with van der Waals surface area (Å²) >= 11 is 3.65. The van der Waals surface area contributed by atoms with Gasteiger partial charge >= 0.3 is 0 Å². The molecule has 1 unspecified atom stereocenters. The lowest BCUT2D eigenvalue weighted by atomic mass is 9.99. The van der Waals surface area contributed by atoms with Crippen LogP contribution in [-0.4, -0.2) is 12.8 Å². The molecule has 0 aliphatic rings. The average molecular weight is 291 g/mol. The van der Waals surface area contributed by atoms with E-state index in [0.717, 1.165) is 13.0 Å². The van der Waals surface area contributed by atoms with Crippen LogP contribution in [0.3, 0.4) is 0 Å². The zero-order valence-electron chi connectivity index (χ0n) is 11.8. The van der Waals surface area contributed by atoms with E-state index in [1.165, 1.54) is 20.9 Å². The molecule has 0 aliphatic carbocycles. The lowest BCUT2D eigenvalue weighted by molar-refractivity contribution is 0.591. The molecule has 102 valence electrons. The Hall–Kier alpha value is -0.770. The molecule has 0 saturated heterocycles. The van der Waals surface area contributed by atoms with E-state index in [2.05, 4.69) is 61.1 Å². The van der Waals surface area contributed by atoms with Gasteiger partial charge in [0.05, 0.1) is 6.04 Å². The van der Waals surface area contributed by atoms with Gasteiger partial charge in [-0.15, -0.1) is 23.1 Å². The van der Waals surface area contributed by atoms with E-state index < -0.39 is 0 Å². The highest BCUT2D eigenvalue weighted by Crippen LogP contribution is 2.33. The van der Waals surface area contributed by atoms with Gasteiger partial charge in [-0.3, -0.25) is 0 Å². The van der Waals surface area contributed by atoms with Crippen LogP contribution in [0.15, 0.2) is 40.6 Å². The average Bonchev–Trinajstić information content (AvgIpc) is 2.86. The zero-order chi connectivity index (χ0) is 13.7. The SMILES string of the molecule is CCCNC(c1ccccc1SC)c1ccsc1C. The number of hydrogen-bond acceptors (Lipinski definition) is 3. The Labute approximate surface area is 124 Å². The smallest absolute Gasteiger partial charge is 0.0598 e. The molecule has 1 aromatic carbocycles. The first-order valence-corrected chi connectivity index (χ1v) is 8.78. The second-order valence-corrected chi connectivity index (χ2v) is 6.53. The van der Waals surface area contributed by atoms with Crippen LogP contribution in [0, 0.1) is 6.92 Å². The first kappa shape index (κ1) is 14.6. The summed E-state index contributed by atoms with van der Waals surface area (Å²) in [5.74, 6) is 0. The van der Waals surface area contributed by atoms with Crippen molar-refractivity contribution in [2.75, 3.05) is 12.8 Å². The fourth-order valence-electron chi connectivity index (χ4n) is 2.28. The molecule has 2 rings (SSSR count). The maximum absolute atomic E-state index is 3.70. The van der Waals surface area contributed by atoms with Crippen LogP contribution in [0.5, 0.6) is 0 Å². The standard InChI is InChI=1S/C16H21NS2/c1-4-10-17-16(13-9-11-19-12(13)2)14-7-5-6-8-15(14)18-3/h5-9,11,16-17H,4,10H2,1-3H3. The minimum Gasteiger partial charge on any atom is -0.306 e. The van der Waals surface area contributed by atoms with Crippen molar-refractivity contribution in [2.24, 2.45) is 0 Å². The number of nitrogens with one attached hydrogen (secondary N) is 1. The van der Waals surface area contributed by atoms with Crippen molar-refractivity contribution in [3.63, 3.8) is 0 Å². The zero-order valence-corrected chi connectivity index (χ0v) is 13.4. The van der Waals surface area contributed by atoms with Crippen molar-refractivity contribution in [2.45, 2.75) is 31.2 Å². The van der Waals surface area contributed by atoms with Crippen LogP contribution in [0.1, 0.15) is 35.4 Å². The van der Waals surface area contributed by atoms with Crippen LogP contribution in [0.25, 0.3) is 0 Å². The molecule has 0 amide bonds. The predicted molar refractivity (Wildman–Crippen MR) is 87.4 cm³/mol. The maximum Gasteiger partial charge on any atom is 0.0598 e. The van der Waals surface area contributed by atoms with E-state index in [0.29, 0.717) is 6.04 Å². The molecule has 0 spiro atoms. The second-order valence-electron chi connectivity index (χ2n) is 4.56. The molecule has 1 N–H and O–H groups in total. The van der Waals surface area contributed by atoms with Crippen LogP contribution in [-0.2, 0) is 0 Å². The van der Waals surface area contributed by atoms with Gasteiger partial charge in [0.15, 0.2) is 0 Å². The summed E-state index contributed by atoms with van der Waals surface area (Å²) < 4.78 is 0. The van der Waals surface area contributed by atoms with Crippen molar-refractivity contribution in [3.8, 4) is 0 Å². The summed E-state index contributed by atoms with van der Waals surface area (Å²) in [6, 6.07) is 11.3. The topological polar surface area (TPSA) is 12.0 Å². The Balaban J connectivity index is 2.40. The minimum atomic E-state index is 0.315. The first-order chi connectivity index (χ1) is 9.27. The van der Waals surface area contributed by atoms with E-state index in [1.54, 1.807) is 0 Å². The van der Waals surface area contributed by atoms with Crippen molar-refractivity contribution >= 4 is 23.1 Å². The van der Waals surface area contributed by atoms with Gasteiger partial charge in [0, 0.05) is 9.77 Å². The van der Waals surface area contributed by atoms with Gasteiger partial charge in [-0.1, -0.05) is 25.1 Å². The highest BCUT2D eigenvalue weighted by atomic mass is 32.2. The summed E-state index contributed by atoms with van der Waals surface area (Å²) in [5, 5.41) is 5.88. The fourth-order valence-corrected chi connectivity index (χ4v) is 3.65. The Bertz CT molecular complexity index is 519. The summed E-state index contributed by atoms with van der Waals surface area (Å²) in [7, 11) is 0. The van der Waals surface area contributed by atoms with Gasteiger partial charge in [0.1, 0.15) is 0 Å². The third kappa shape index (κ3) is 3.41. The summed E-state index contributed by atoms with van der Waals surface area (Å²) in [5.41, 5.74) is 2.81. The van der Waals surface area contributed by atoms with Gasteiger partial charge < -0.3 is 5.32 Å². The third-order valence-electron chi connectivity index (χ3n) is 3.26. The quantitative estimate of drug-likeness (QED) is 0.762. The summed E-state index contributed by atoms with van der Waals surface area (Å²) in [4.78, 5) is 2.77. The van der Waals surface area contributed by atoms with Crippen LogP contribution in [0.2, 0.25) is 0 Å². The molecule has 1 nitrogen and oxygen atoms in total. The van der Waals surface area contributed by atoms with E-state index >= 15 is 0 Å². The number of thiophene rings is 1. The number of thioether (sulfide) groups is 1. The molecular formula is C16H21NS2. The molecule has 0 radical (unpaired) electrons. The largest absolute Gasteiger partial charge is 0.306 e. The number of rotatable bonds is 6. The molecule has 0 saturated carbocycles. The number of hydrogen-bond donors (Lipinski definition) is 1. The number of aryl methyl sites for hydroxylation is 1. The van der Waals surface area contributed by atoms with Crippen LogP contribution in [0.4, 0.5) is 0 Å². The molecule has 1 atom stereocenters. The highest BCUT2D eigenvalue weighted by Gasteiger charge is 2.18. The second kappa shape index (κ2) is 7.13. The highest BCUT2D eigenvalue weighted by molar-refractivity contribution is 7.98. The molecule has 2 aromatic rings. The van der Waals surface area contributed by atoms with Gasteiger partial charge in [-0.05, 0) is 54.8 Å². The minimum absolute atomic E-state index is 0.315. The van der Waals surface area contributed by atoms with Crippen molar-refractivity contribution in [3.05, 3.63) is 51.7 Å². The monoisotopic (exact) mass is 291 g/mol. The van der Waals surface area contributed by atoms with Gasteiger partial charge in [-0.2, -0.15) is 0 Å². The van der Waals surface area contributed by atoms with E-state index in [9.17, 15) is 0 Å². The van der Waals surface area contributed by atoms with E-state index in [1.807, 2.05) is 23.1 Å². The van der Waals surface area contributed by atoms with E-state index in [4.69, 9.17) is 0 Å². The van der Waals surface area contributed by atoms with Gasteiger partial charge in [0.2, 0.25) is 0 Å². The van der Waals surface area contributed by atoms with Crippen LogP contribution < -0.4 is 5.32 Å². The molecular weight excluding hydrogens is 270 g/mol. The lowest BCUT2D eigenvalue weighted by Crippen LogP contribution is -2.23. The molecule has 0 fully saturated rings. The molecule has 1 heterocycles. The predicted octanol–water partition coefficient (Wildman–Crippen LogP) is 4.87. The maximum atomic E-state index is 3.70. The van der Waals surface area contributed by atoms with Crippen molar-refractivity contribution < 1.29 is 0 Å². The Morgan fingerprint density at radius 1 is 1.21 bits per heavy atom. The lowest BCUT2D eigenvalue weighted by Gasteiger charge is -2.21. The molecule has 19 heavy (non-hydrogen) atoms. The summed E-state index contributed by atoms with van der Waals surface area (Å²) in [6.07, 6.45) is 3.30. The summed E-state index contributed by atoms with van der Waals surface area (Å²) in [6.45, 7) is 5.47. The number of benzene rings is 1. The molecule has 1 aromatic heterocycles. The van der Waals surface area contributed by atoms with Gasteiger partial charge in [-0.25, -0.2) is 0 Å². The van der Waals surface area contributed by atoms with Crippen molar-refractivity contribution in [1.29, 1.82) is 0 Å². The Kier molecular flexibility index (Phi) is 5.49. The van der Waals surface area contributed by atoms with Crippen LogP contribution >= 0.6 is 23.1 Å². The first-order valence-electron chi connectivity index (χ1n) is 6.68. The molecule has 0 aliphatic heterocycles. The molecule has 0 bridgehead atoms. The van der Waals surface area contributed by atoms with Crippen molar-refractivity contribution in [1.82, 2.24) is 5.32 Å². The van der Waals surface area contributed by atoms with Gasteiger partial charge in [0.25, 0.3) is 0 Å².